The molecule has 1 unspecified atom stereocenters. The lowest BCUT2D eigenvalue weighted by atomic mass is 10.0. The largest absolute Gasteiger partial charge is 0.330 e. The molecular formula is C9H12BrNS. The second-order valence-electron chi connectivity index (χ2n) is 2.67. The monoisotopic (exact) mass is 245 g/mol. The Morgan fingerprint density at radius 2 is 1.92 bits per heavy atom. The van der Waals surface area contributed by atoms with Gasteiger partial charge in [0.1, 0.15) is 0 Å². The number of hydrogen-bond donors (Lipinski definition) is 2. The molecule has 0 heterocycles. The summed E-state index contributed by atoms with van der Waals surface area (Å²) in [5.74, 6) is 1.18. The summed E-state index contributed by atoms with van der Waals surface area (Å²) in [5, 5.41) is 0. The Morgan fingerprint density at radius 1 is 1.33 bits per heavy atom. The Morgan fingerprint density at radius 3 is 2.33 bits per heavy atom. The quantitative estimate of drug-likeness (QED) is 0.787. The van der Waals surface area contributed by atoms with Crippen molar-refractivity contribution in [3.05, 3.63) is 34.3 Å². The third kappa shape index (κ3) is 2.51. The Kier molecular flexibility index (Phi) is 4.12. The molecule has 2 N–H and O–H groups in total. The summed E-state index contributed by atoms with van der Waals surface area (Å²) >= 11 is 7.63. The molecule has 0 saturated carbocycles. The average molecular weight is 246 g/mol. The first-order valence-electron chi connectivity index (χ1n) is 3.84. The van der Waals surface area contributed by atoms with Gasteiger partial charge in [0.2, 0.25) is 0 Å². The molecule has 3 heteroatoms. The van der Waals surface area contributed by atoms with Crippen LogP contribution in [-0.4, -0.2) is 12.3 Å². The highest BCUT2D eigenvalue weighted by atomic mass is 79.9. The first-order valence-corrected chi connectivity index (χ1v) is 5.27. The maximum atomic E-state index is 5.59. The molecule has 0 fully saturated rings. The van der Waals surface area contributed by atoms with Crippen LogP contribution in [0.5, 0.6) is 0 Å². The first kappa shape index (κ1) is 10.1. The third-order valence-electron chi connectivity index (χ3n) is 1.85. The summed E-state index contributed by atoms with van der Waals surface area (Å²) in [4.78, 5) is 0. The highest BCUT2D eigenvalue weighted by Crippen LogP contribution is 2.18. The fraction of sp³-hybridized carbons (Fsp3) is 0.333. The summed E-state index contributed by atoms with van der Waals surface area (Å²) in [5.41, 5.74) is 6.85. The molecule has 0 aliphatic rings. The molecule has 0 spiro atoms. The Hall–Kier alpha value is 0.01000. The van der Waals surface area contributed by atoms with Crippen LogP contribution in [0, 0.1) is 0 Å². The second-order valence-corrected chi connectivity index (χ2v) is 3.95. The molecule has 12 heavy (non-hydrogen) atoms. The van der Waals surface area contributed by atoms with Crippen molar-refractivity contribution in [2.45, 2.75) is 5.92 Å². The van der Waals surface area contributed by atoms with E-state index in [-0.39, 0.29) is 0 Å². The average Bonchev–Trinajstić information content (AvgIpc) is 2.10. The maximum Gasteiger partial charge on any atom is 0.0175 e. The summed E-state index contributed by atoms with van der Waals surface area (Å²) in [6.07, 6.45) is 0. The van der Waals surface area contributed by atoms with Gasteiger partial charge >= 0.3 is 0 Å². The Labute approximate surface area is 86.9 Å². The fourth-order valence-corrected chi connectivity index (χ4v) is 1.68. The SMILES string of the molecule is NCC(CS)c1ccc(Br)cc1. The van der Waals surface area contributed by atoms with Gasteiger partial charge in [0.25, 0.3) is 0 Å². The van der Waals surface area contributed by atoms with Gasteiger partial charge in [-0.3, -0.25) is 0 Å². The number of nitrogens with two attached hydrogens (primary N) is 1. The minimum atomic E-state index is 0.376. The van der Waals surface area contributed by atoms with Gasteiger partial charge in [-0.25, -0.2) is 0 Å². The molecular weight excluding hydrogens is 234 g/mol. The maximum absolute atomic E-state index is 5.59. The van der Waals surface area contributed by atoms with Gasteiger partial charge in [0.15, 0.2) is 0 Å². The smallest absolute Gasteiger partial charge is 0.0175 e. The molecule has 0 bridgehead atoms. The van der Waals surface area contributed by atoms with Crippen LogP contribution in [0.2, 0.25) is 0 Å². The molecule has 0 aromatic heterocycles. The van der Waals surface area contributed by atoms with Gasteiger partial charge in [-0.2, -0.15) is 12.6 Å². The van der Waals surface area contributed by atoms with Crippen LogP contribution in [0.1, 0.15) is 11.5 Å². The van der Waals surface area contributed by atoms with Gasteiger partial charge in [0.05, 0.1) is 0 Å². The third-order valence-corrected chi connectivity index (χ3v) is 2.82. The number of hydrogen-bond acceptors (Lipinski definition) is 2. The zero-order chi connectivity index (χ0) is 8.97. The lowest BCUT2D eigenvalue weighted by molar-refractivity contribution is 0.787. The van der Waals surface area contributed by atoms with Crippen molar-refractivity contribution in [3.8, 4) is 0 Å². The van der Waals surface area contributed by atoms with Gasteiger partial charge < -0.3 is 5.73 Å². The van der Waals surface area contributed by atoms with E-state index in [9.17, 15) is 0 Å². The van der Waals surface area contributed by atoms with Crippen molar-refractivity contribution in [3.63, 3.8) is 0 Å². The van der Waals surface area contributed by atoms with Gasteiger partial charge in [-0.15, -0.1) is 0 Å². The minimum absolute atomic E-state index is 0.376. The number of benzene rings is 1. The van der Waals surface area contributed by atoms with E-state index < -0.39 is 0 Å². The van der Waals surface area contributed by atoms with Crippen LogP contribution in [-0.2, 0) is 0 Å². The zero-order valence-electron chi connectivity index (χ0n) is 6.70. The van der Waals surface area contributed by atoms with E-state index in [0.29, 0.717) is 12.5 Å². The molecule has 0 aliphatic carbocycles. The first-order chi connectivity index (χ1) is 5.77. The predicted molar refractivity (Wildman–Crippen MR) is 59.8 cm³/mol. The number of halogens is 1. The van der Waals surface area contributed by atoms with Crippen LogP contribution < -0.4 is 5.73 Å². The molecule has 66 valence electrons. The summed E-state index contributed by atoms with van der Waals surface area (Å²) in [6, 6.07) is 8.22. The zero-order valence-corrected chi connectivity index (χ0v) is 9.18. The van der Waals surface area contributed by atoms with Crippen molar-refractivity contribution < 1.29 is 0 Å². The minimum Gasteiger partial charge on any atom is -0.330 e. The molecule has 0 amide bonds. The lowest BCUT2D eigenvalue weighted by Crippen LogP contribution is -2.13. The van der Waals surface area contributed by atoms with E-state index in [2.05, 4.69) is 40.7 Å². The Balaban J connectivity index is 2.80. The molecule has 0 aliphatic heterocycles. The van der Waals surface area contributed by atoms with E-state index >= 15 is 0 Å². The standard InChI is InChI=1S/C9H12BrNS/c10-9-3-1-7(2-4-9)8(5-11)6-12/h1-4,8,12H,5-6,11H2. The van der Waals surface area contributed by atoms with Gasteiger partial charge in [-0.05, 0) is 30.0 Å². The molecule has 0 saturated heterocycles. The van der Waals surface area contributed by atoms with Gasteiger partial charge in [0, 0.05) is 10.4 Å². The normalized spacial score (nSPS) is 12.9. The summed E-state index contributed by atoms with van der Waals surface area (Å²) in [7, 11) is 0. The molecule has 0 radical (unpaired) electrons. The molecule has 1 atom stereocenters. The highest BCUT2D eigenvalue weighted by Gasteiger charge is 2.05. The Bertz CT molecular complexity index is 231. The van der Waals surface area contributed by atoms with Crippen LogP contribution in [0.15, 0.2) is 28.7 Å². The summed E-state index contributed by atoms with van der Waals surface area (Å²) in [6.45, 7) is 0.658. The van der Waals surface area contributed by atoms with Crippen molar-refractivity contribution in [2.75, 3.05) is 12.3 Å². The van der Waals surface area contributed by atoms with Crippen molar-refractivity contribution >= 4 is 28.6 Å². The number of thiol groups is 1. The molecule has 1 aromatic carbocycles. The van der Waals surface area contributed by atoms with Crippen molar-refractivity contribution in [1.82, 2.24) is 0 Å². The topological polar surface area (TPSA) is 26.0 Å². The van der Waals surface area contributed by atoms with Crippen LogP contribution in [0.25, 0.3) is 0 Å². The van der Waals surface area contributed by atoms with Gasteiger partial charge in [-0.1, -0.05) is 28.1 Å². The van der Waals surface area contributed by atoms with E-state index in [1.165, 1.54) is 5.56 Å². The van der Waals surface area contributed by atoms with E-state index in [1.807, 2.05) is 12.1 Å². The second kappa shape index (κ2) is 4.90. The highest BCUT2D eigenvalue weighted by molar-refractivity contribution is 9.10. The summed E-state index contributed by atoms with van der Waals surface area (Å²) < 4.78 is 1.10. The van der Waals surface area contributed by atoms with E-state index in [4.69, 9.17) is 5.73 Å². The fourth-order valence-electron chi connectivity index (χ4n) is 1.05. The molecule has 1 nitrogen and oxygen atoms in total. The van der Waals surface area contributed by atoms with Crippen LogP contribution >= 0.6 is 28.6 Å². The predicted octanol–water partition coefficient (Wildman–Crippen LogP) is 2.42. The van der Waals surface area contributed by atoms with E-state index in [0.717, 1.165) is 10.2 Å². The molecule has 1 aromatic rings. The van der Waals surface area contributed by atoms with Crippen LogP contribution in [0.4, 0.5) is 0 Å². The van der Waals surface area contributed by atoms with Crippen molar-refractivity contribution in [2.24, 2.45) is 5.73 Å². The molecule has 1 rings (SSSR count). The number of rotatable bonds is 3. The van der Waals surface area contributed by atoms with Crippen LogP contribution in [0.3, 0.4) is 0 Å². The lowest BCUT2D eigenvalue weighted by Gasteiger charge is -2.11. The van der Waals surface area contributed by atoms with Crippen molar-refractivity contribution in [1.29, 1.82) is 0 Å². The van der Waals surface area contributed by atoms with E-state index in [1.54, 1.807) is 0 Å².